The largest absolute Gasteiger partial charge is 0.504 e. The number of pyridine rings is 1. The molecule has 2 aromatic rings. The Kier molecular flexibility index (Phi) is 3.48. The van der Waals surface area contributed by atoms with Crippen molar-refractivity contribution in [1.82, 2.24) is 4.98 Å². The van der Waals surface area contributed by atoms with Gasteiger partial charge >= 0.3 is 0 Å². The Morgan fingerprint density at radius 2 is 2.19 bits per heavy atom. The lowest BCUT2D eigenvalue weighted by Gasteiger charge is -2.11. The summed E-state index contributed by atoms with van der Waals surface area (Å²) >= 11 is 0. The number of benzene rings is 1. The number of fused-ring (bicyclic) bond motifs is 1. The summed E-state index contributed by atoms with van der Waals surface area (Å²) in [5, 5.41) is 15.7. The van der Waals surface area contributed by atoms with E-state index in [2.05, 4.69) is 15.6 Å². The van der Waals surface area contributed by atoms with E-state index >= 15 is 0 Å². The zero-order valence-corrected chi connectivity index (χ0v) is 11.8. The fraction of sp³-hybridized carbons (Fsp3) is 0.250. The van der Waals surface area contributed by atoms with Crippen molar-refractivity contribution in [1.29, 1.82) is 0 Å². The summed E-state index contributed by atoms with van der Waals surface area (Å²) in [5.74, 6) is 0.207. The first-order valence-electron chi connectivity index (χ1n) is 6.93. The highest BCUT2D eigenvalue weighted by atomic mass is 16.3. The minimum atomic E-state index is -0.146. The molecule has 1 aliphatic rings. The molecule has 21 heavy (non-hydrogen) atoms. The van der Waals surface area contributed by atoms with Crippen LogP contribution in [0.15, 0.2) is 36.4 Å². The number of anilines is 2. The van der Waals surface area contributed by atoms with Crippen LogP contribution in [0.4, 0.5) is 11.5 Å². The Hall–Kier alpha value is -2.56. The Labute approximate surface area is 123 Å². The van der Waals surface area contributed by atoms with E-state index in [1.54, 1.807) is 6.07 Å². The minimum Gasteiger partial charge on any atom is -0.504 e. The number of rotatable bonds is 3. The zero-order valence-electron chi connectivity index (χ0n) is 11.8. The maximum Gasteiger partial charge on any atom is 0.226 e. The summed E-state index contributed by atoms with van der Waals surface area (Å²) in [6, 6.07) is 11.2. The van der Waals surface area contributed by atoms with Crippen LogP contribution in [0.2, 0.25) is 0 Å². The number of hydrogen-bond donors (Lipinski definition) is 3. The van der Waals surface area contributed by atoms with Gasteiger partial charge in [-0.05, 0) is 30.7 Å². The van der Waals surface area contributed by atoms with E-state index in [1.807, 2.05) is 31.2 Å². The monoisotopic (exact) mass is 283 g/mol. The van der Waals surface area contributed by atoms with Crippen molar-refractivity contribution < 1.29 is 9.90 Å². The van der Waals surface area contributed by atoms with Crippen LogP contribution < -0.4 is 10.6 Å². The quantitative estimate of drug-likeness (QED) is 0.809. The van der Waals surface area contributed by atoms with Crippen molar-refractivity contribution in [3.63, 3.8) is 0 Å². The van der Waals surface area contributed by atoms with Gasteiger partial charge in [0.25, 0.3) is 0 Å². The van der Waals surface area contributed by atoms with Gasteiger partial charge < -0.3 is 15.7 Å². The first-order valence-corrected chi connectivity index (χ1v) is 6.93. The van der Waals surface area contributed by atoms with Crippen LogP contribution in [0.3, 0.4) is 0 Å². The van der Waals surface area contributed by atoms with Gasteiger partial charge in [0, 0.05) is 30.3 Å². The van der Waals surface area contributed by atoms with Gasteiger partial charge in [0.15, 0.2) is 11.6 Å². The number of nitrogens with zero attached hydrogens (tertiary/aromatic N) is 1. The molecule has 0 saturated carbocycles. The third-order valence-corrected chi connectivity index (χ3v) is 3.64. The third-order valence-electron chi connectivity index (χ3n) is 3.64. The van der Waals surface area contributed by atoms with Crippen molar-refractivity contribution in [3.8, 4) is 5.75 Å². The van der Waals surface area contributed by atoms with E-state index in [0.717, 1.165) is 23.5 Å². The third kappa shape index (κ3) is 2.81. The molecule has 1 atom stereocenters. The second kappa shape index (κ2) is 5.44. The molecule has 3 N–H and O–H groups in total. The molecule has 0 bridgehead atoms. The number of amides is 1. The van der Waals surface area contributed by atoms with Crippen molar-refractivity contribution in [2.45, 2.75) is 19.3 Å². The first kappa shape index (κ1) is 13.4. The van der Waals surface area contributed by atoms with Gasteiger partial charge in [-0.3, -0.25) is 4.79 Å². The van der Waals surface area contributed by atoms with Crippen molar-refractivity contribution in [3.05, 3.63) is 47.7 Å². The summed E-state index contributed by atoms with van der Waals surface area (Å²) in [4.78, 5) is 16.3. The molecule has 0 fully saturated rings. The van der Waals surface area contributed by atoms with Gasteiger partial charge in [-0.25, -0.2) is 4.98 Å². The number of aromatic nitrogens is 1. The van der Waals surface area contributed by atoms with E-state index in [4.69, 9.17) is 0 Å². The number of aryl methyl sites for hydroxylation is 1. The number of aromatic hydroxyl groups is 1. The van der Waals surface area contributed by atoms with Crippen LogP contribution >= 0.6 is 0 Å². The van der Waals surface area contributed by atoms with Crippen LogP contribution in [0.25, 0.3) is 0 Å². The normalized spacial score (nSPS) is 16.1. The molecule has 1 aromatic heterocycles. The second-order valence-corrected chi connectivity index (χ2v) is 5.24. The van der Waals surface area contributed by atoms with Crippen molar-refractivity contribution >= 4 is 17.4 Å². The Morgan fingerprint density at radius 3 is 3.05 bits per heavy atom. The summed E-state index contributed by atoms with van der Waals surface area (Å²) in [5.41, 5.74) is 3.00. The molecule has 1 unspecified atom stereocenters. The van der Waals surface area contributed by atoms with Gasteiger partial charge in [0.05, 0.1) is 0 Å². The molecule has 1 aliphatic heterocycles. The average molecular weight is 283 g/mol. The molecule has 1 aromatic carbocycles. The van der Waals surface area contributed by atoms with Gasteiger partial charge in [0.2, 0.25) is 5.91 Å². The van der Waals surface area contributed by atoms with Gasteiger partial charge in [0.1, 0.15) is 0 Å². The SMILES string of the molecule is Cc1ccc(O)c(NC(=O)CC2CNc3ccccc32)n1. The molecular formula is C16H17N3O2. The summed E-state index contributed by atoms with van der Waals surface area (Å²) in [6.07, 6.45) is 0.360. The maximum absolute atomic E-state index is 12.2. The number of carbonyl (C=O) groups is 1. The van der Waals surface area contributed by atoms with E-state index in [1.165, 1.54) is 6.07 Å². The highest BCUT2D eigenvalue weighted by Gasteiger charge is 2.24. The molecule has 5 nitrogen and oxygen atoms in total. The molecule has 0 spiro atoms. The number of para-hydroxylation sites is 1. The molecule has 0 aliphatic carbocycles. The highest BCUT2D eigenvalue weighted by Crippen LogP contribution is 2.33. The summed E-state index contributed by atoms with van der Waals surface area (Å²) < 4.78 is 0. The van der Waals surface area contributed by atoms with Gasteiger partial charge in [-0.15, -0.1) is 0 Å². The molecule has 3 rings (SSSR count). The van der Waals surface area contributed by atoms with E-state index in [0.29, 0.717) is 6.42 Å². The standard InChI is InChI=1S/C16H17N3O2/c1-10-6-7-14(20)16(18-10)19-15(21)8-11-9-17-13-5-3-2-4-12(11)13/h2-7,11,17,20H,8-9H2,1H3,(H,18,19,21). The van der Waals surface area contributed by atoms with Crippen LogP contribution in [0, 0.1) is 6.92 Å². The smallest absolute Gasteiger partial charge is 0.226 e. The predicted molar refractivity (Wildman–Crippen MR) is 81.6 cm³/mol. The molecule has 5 heteroatoms. The number of carbonyl (C=O) groups excluding carboxylic acids is 1. The lowest BCUT2D eigenvalue weighted by atomic mass is 9.97. The predicted octanol–water partition coefficient (Wildman–Crippen LogP) is 2.63. The minimum absolute atomic E-state index is 0.0149. The highest BCUT2D eigenvalue weighted by molar-refractivity contribution is 5.92. The van der Waals surface area contributed by atoms with E-state index in [-0.39, 0.29) is 23.4 Å². The molecule has 0 radical (unpaired) electrons. The lowest BCUT2D eigenvalue weighted by molar-refractivity contribution is -0.116. The first-order chi connectivity index (χ1) is 10.1. The maximum atomic E-state index is 12.2. The molecular weight excluding hydrogens is 266 g/mol. The lowest BCUT2D eigenvalue weighted by Crippen LogP contribution is -2.17. The van der Waals surface area contributed by atoms with Crippen LogP contribution in [-0.2, 0) is 4.79 Å². The fourth-order valence-corrected chi connectivity index (χ4v) is 2.59. The van der Waals surface area contributed by atoms with Crippen LogP contribution in [0.1, 0.15) is 23.6 Å². The van der Waals surface area contributed by atoms with Crippen LogP contribution in [-0.4, -0.2) is 22.5 Å². The molecule has 108 valence electrons. The molecule has 2 heterocycles. The Bertz CT molecular complexity index is 685. The van der Waals surface area contributed by atoms with Gasteiger partial charge in [-0.1, -0.05) is 18.2 Å². The molecule has 0 saturated heterocycles. The summed E-state index contributed by atoms with van der Waals surface area (Å²) in [6.45, 7) is 2.56. The van der Waals surface area contributed by atoms with Crippen molar-refractivity contribution in [2.75, 3.05) is 17.2 Å². The number of nitrogens with one attached hydrogen (secondary N) is 2. The Balaban J connectivity index is 1.69. The van der Waals surface area contributed by atoms with Gasteiger partial charge in [-0.2, -0.15) is 0 Å². The fourth-order valence-electron chi connectivity index (χ4n) is 2.59. The second-order valence-electron chi connectivity index (χ2n) is 5.24. The molecule has 1 amide bonds. The van der Waals surface area contributed by atoms with Crippen LogP contribution in [0.5, 0.6) is 5.75 Å². The van der Waals surface area contributed by atoms with E-state index < -0.39 is 0 Å². The Morgan fingerprint density at radius 1 is 1.38 bits per heavy atom. The summed E-state index contributed by atoms with van der Waals surface area (Å²) in [7, 11) is 0. The van der Waals surface area contributed by atoms with E-state index in [9.17, 15) is 9.90 Å². The zero-order chi connectivity index (χ0) is 14.8. The number of hydrogen-bond acceptors (Lipinski definition) is 4. The topological polar surface area (TPSA) is 74.2 Å². The average Bonchev–Trinajstić information content (AvgIpc) is 2.86. The van der Waals surface area contributed by atoms with Crippen molar-refractivity contribution in [2.24, 2.45) is 0 Å².